The van der Waals surface area contributed by atoms with Crippen molar-refractivity contribution in [2.75, 3.05) is 13.7 Å². The van der Waals surface area contributed by atoms with E-state index in [1.165, 1.54) is 17.5 Å². The summed E-state index contributed by atoms with van der Waals surface area (Å²) in [6, 6.07) is 12.6. The van der Waals surface area contributed by atoms with E-state index in [0.717, 1.165) is 30.2 Å². The molecule has 0 radical (unpaired) electrons. The lowest BCUT2D eigenvalue weighted by Crippen LogP contribution is -2.29. The Morgan fingerprint density at radius 3 is 2.95 bits per heavy atom. The summed E-state index contributed by atoms with van der Waals surface area (Å²) in [5.74, 6) is 1.53. The van der Waals surface area contributed by atoms with Gasteiger partial charge in [0.1, 0.15) is 5.75 Å². The molecule has 1 heterocycles. The first-order valence-corrected chi connectivity index (χ1v) is 7.06. The molecule has 1 aromatic carbocycles. The van der Waals surface area contributed by atoms with Crippen LogP contribution in [0.1, 0.15) is 28.4 Å². The van der Waals surface area contributed by atoms with Crippen LogP contribution in [0.4, 0.5) is 0 Å². The highest BCUT2D eigenvalue weighted by Gasteiger charge is 2.24. The molecule has 3 nitrogen and oxygen atoms in total. The molecule has 0 spiro atoms. The summed E-state index contributed by atoms with van der Waals surface area (Å²) in [6.07, 6.45) is 1.19. The van der Waals surface area contributed by atoms with E-state index in [9.17, 15) is 0 Å². The number of benzene rings is 1. The Balaban J connectivity index is 1.55. The van der Waals surface area contributed by atoms with E-state index in [0.29, 0.717) is 5.92 Å². The van der Waals surface area contributed by atoms with Gasteiger partial charge in [0.05, 0.1) is 12.8 Å². The van der Waals surface area contributed by atoms with Gasteiger partial charge in [-0.15, -0.1) is 0 Å². The van der Waals surface area contributed by atoms with E-state index in [-0.39, 0.29) is 0 Å². The molecule has 104 valence electrons. The lowest BCUT2D eigenvalue weighted by atomic mass is 9.77. The van der Waals surface area contributed by atoms with Gasteiger partial charge in [-0.05, 0) is 24.5 Å². The van der Waals surface area contributed by atoms with Gasteiger partial charge in [0.2, 0.25) is 0 Å². The highest BCUT2D eigenvalue weighted by Crippen LogP contribution is 2.34. The molecule has 0 amide bonds. The van der Waals surface area contributed by atoms with Gasteiger partial charge in [-0.3, -0.25) is 4.98 Å². The second-order valence-electron chi connectivity index (χ2n) is 5.37. The molecule has 0 saturated heterocycles. The smallest absolute Gasteiger partial charge is 0.122 e. The van der Waals surface area contributed by atoms with Crippen LogP contribution < -0.4 is 10.1 Å². The summed E-state index contributed by atoms with van der Waals surface area (Å²) in [5.41, 5.74) is 5.02. The second-order valence-corrected chi connectivity index (χ2v) is 5.37. The second kappa shape index (κ2) is 5.63. The highest BCUT2D eigenvalue weighted by molar-refractivity contribution is 5.40. The first-order valence-electron chi connectivity index (χ1n) is 7.06. The van der Waals surface area contributed by atoms with E-state index in [2.05, 4.69) is 34.6 Å². The monoisotopic (exact) mass is 268 g/mol. The van der Waals surface area contributed by atoms with Crippen molar-refractivity contribution in [3.8, 4) is 5.75 Å². The minimum atomic E-state index is 0.651. The number of methoxy groups -OCH3 is 1. The molecule has 3 heteroatoms. The molecule has 0 aliphatic heterocycles. The molecule has 1 atom stereocenters. The minimum Gasteiger partial charge on any atom is -0.497 e. The highest BCUT2D eigenvalue weighted by atomic mass is 16.5. The van der Waals surface area contributed by atoms with Gasteiger partial charge in [-0.25, -0.2) is 0 Å². The Labute approximate surface area is 120 Å². The predicted molar refractivity (Wildman–Crippen MR) is 80.1 cm³/mol. The quantitative estimate of drug-likeness (QED) is 0.905. The van der Waals surface area contributed by atoms with Crippen LogP contribution in [0.15, 0.2) is 36.4 Å². The fourth-order valence-corrected chi connectivity index (χ4v) is 2.83. The first-order chi connectivity index (χ1) is 9.76. The van der Waals surface area contributed by atoms with Crippen LogP contribution in [0.3, 0.4) is 0 Å². The van der Waals surface area contributed by atoms with Crippen molar-refractivity contribution in [3.63, 3.8) is 0 Å². The van der Waals surface area contributed by atoms with Gasteiger partial charge in [-0.1, -0.05) is 24.3 Å². The molecule has 1 N–H and O–H groups in total. The summed E-state index contributed by atoms with van der Waals surface area (Å²) < 4.78 is 5.27. The maximum absolute atomic E-state index is 5.27. The van der Waals surface area contributed by atoms with Crippen LogP contribution in [0.5, 0.6) is 5.75 Å². The number of nitrogens with zero attached hydrogens (tertiary/aromatic N) is 1. The molecule has 0 saturated carbocycles. The number of nitrogens with one attached hydrogen (secondary N) is 1. The van der Waals surface area contributed by atoms with E-state index < -0.39 is 0 Å². The summed E-state index contributed by atoms with van der Waals surface area (Å²) >= 11 is 0. The minimum absolute atomic E-state index is 0.651. The number of aryl methyl sites for hydroxylation is 1. The summed E-state index contributed by atoms with van der Waals surface area (Å²) in [7, 11) is 1.69. The Morgan fingerprint density at radius 2 is 2.15 bits per heavy atom. The molecule has 1 aromatic heterocycles. The standard InChI is InChI=1S/C17H20N2O/c1-12-7-16(20-2)9-15(19-12)11-18-10-14-8-13-5-3-4-6-17(13)14/h3-7,9,14,18H,8,10-11H2,1-2H3. The molecule has 1 aliphatic rings. The van der Waals surface area contributed by atoms with Gasteiger partial charge >= 0.3 is 0 Å². The molecule has 20 heavy (non-hydrogen) atoms. The third kappa shape index (κ3) is 2.68. The van der Waals surface area contributed by atoms with Crippen molar-refractivity contribution in [1.82, 2.24) is 10.3 Å². The molecule has 1 aliphatic carbocycles. The van der Waals surface area contributed by atoms with Crippen molar-refractivity contribution >= 4 is 0 Å². The fourth-order valence-electron chi connectivity index (χ4n) is 2.83. The number of hydrogen-bond acceptors (Lipinski definition) is 3. The fraction of sp³-hybridized carbons (Fsp3) is 0.353. The van der Waals surface area contributed by atoms with Gasteiger partial charge in [0.25, 0.3) is 0 Å². The third-order valence-corrected chi connectivity index (χ3v) is 3.87. The Bertz CT molecular complexity index is 610. The Kier molecular flexibility index (Phi) is 3.70. The average molecular weight is 268 g/mol. The van der Waals surface area contributed by atoms with E-state index in [1.54, 1.807) is 7.11 Å². The van der Waals surface area contributed by atoms with Crippen molar-refractivity contribution in [2.24, 2.45) is 0 Å². The van der Waals surface area contributed by atoms with Crippen LogP contribution >= 0.6 is 0 Å². The van der Waals surface area contributed by atoms with Crippen LogP contribution in [0.25, 0.3) is 0 Å². The molecule has 1 unspecified atom stereocenters. The molecular weight excluding hydrogens is 248 g/mol. The molecule has 0 fully saturated rings. The number of fused-ring (bicyclic) bond motifs is 1. The predicted octanol–water partition coefficient (Wildman–Crippen LogP) is 2.83. The summed E-state index contributed by atoms with van der Waals surface area (Å²) in [5, 5.41) is 3.50. The third-order valence-electron chi connectivity index (χ3n) is 3.87. The van der Waals surface area contributed by atoms with Crippen LogP contribution in [0, 0.1) is 6.92 Å². The Hall–Kier alpha value is -1.87. The largest absolute Gasteiger partial charge is 0.497 e. The van der Waals surface area contributed by atoms with Crippen molar-refractivity contribution in [1.29, 1.82) is 0 Å². The number of aromatic nitrogens is 1. The normalized spacial score (nSPS) is 16.4. The number of ether oxygens (including phenoxy) is 1. The van der Waals surface area contributed by atoms with E-state index in [4.69, 9.17) is 4.74 Å². The maximum Gasteiger partial charge on any atom is 0.122 e. The van der Waals surface area contributed by atoms with Crippen LogP contribution in [-0.4, -0.2) is 18.6 Å². The average Bonchev–Trinajstić information content (AvgIpc) is 2.43. The van der Waals surface area contributed by atoms with E-state index >= 15 is 0 Å². The van der Waals surface area contributed by atoms with Gasteiger partial charge < -0.3 is 10.1 Å². The number of rotatable bonds is 5. The first kappa shape index (κ1) is 13.1. The Morgan fingerprint density at radius 1 is 1.30 bits per heavy atom. The van der Waals surface area contributed by atoms with E-state index in [1.807, 2.05) is 19.1 Å². The van der Waals surface area contributed by atoms with Crippen molar-refractivity contribution in [3.05, 3.63) is 58.9 Å². The number of pyridine rings is 1. The lowest BCUT2D eigenvalue weighted by molar-refractivity contribution is 0.412. The molecule has 0 bridgehead atoms. The lowest BCUT2D eigenvalue weighted by Gasteiger charge is -2.30. The topological polar surface area (TPSA) is 34.1 Å². The molecule has 3 rings (SSSR count). The maximum atomic E-state index is 5.27. The van der Waals surface area contributed by atoms with Crippen LogP contribution in [-0.2, 0) is 13.0 Å². The summed E-state index contributed by atoms with van der Waals surface area (Å²) in [6.45, 7) is 3.79. The molecule has 2 aromatic rings. The summed E-state index contributed by atoms with van der Waals surface area (Å²) in [4.78, 5) is 4.52. The zero-order chi connectivity index (χ0) is 13.9. The van der Waals surface area contributed by atoms with Crippen LogP contribution in [0.2, 0.25) is 0 Å². The van der Waals surface area contributed by atoms with Crippen molar-refractivity contribution in [2.45, 2.75) is 25.8 Å². The van der Waals surface area contributed by atoms with Gasteiger partial charge in [-0.2, -0.15) is 0 Å². The SMILES string of the molecule is COc1cc(C)nc(CNCC2Cc3ccccc32)c1. The number of hydrogen-bond donors (Lipinski definition) is 1. The van der Waals surface area contributed by atoms with Gasteiger partial charge in [0, 0.05) is 36.8 Å². The zero-order valence-electron chi connectivity index (χ0n) is 12.0. The molecular formula is C17H20N2O. The zero-order valence-corrected chi connectivity index (χ0v) is 12.0. The van der Waals surface area contributed by atoms with Gasteiger partial charge in [0.15, 0.2) is 0 Å². The van der Waals surface area contributed by atoms with Crippen molar-refractivity contribution < 1.29 is 4.74 Å².